The van der Waals surface area contributed by atoms with Gasteiger partial charge in [-0.15, -0.1) is 0 Å². The molecule has 2 heterocycles. The first kappa shape index (κ1) is 23.1. The summed E-state index contributed by atoms with van der Waals surface area (Å²) in [5.41, 5.74) is 4.05. The molecule has 2 aliphatic rings. The molecule has 7 nitrogen and oxygen atoms in total. The molecule has 0 radical (unpaired) electrons. The van der Waals surface area contributed by atoms with Crippen molar-refractivity contribution in [1.82, 2.24) is 15.1 Å². The second kappa shape index (κ2) is 10.2. The molecule has 0 spiro atoms. The van der Waals surface area contributed by atoms with Crippen LogP contribution in [0.2, 0.25) is 0 Å². The Kier molecular flexibility index (Phi) is 7.56. The molecule has 0 fully saturated rings. The number of benzene rings is 1. The van der Waals surface area contributed by atoms with Gasteiger partial charge in [0.25, 0.3) is 0 Å². The maximum Gasteiger partial charge on any atom is 0.338 e. The van der Waals surface area contributed by atoms with Crippen molar-refractivity contribution in [2.75, 3.05) is 33.8 Å². The number of fused-ring (bicyclic) bond motifs is 1. The van der Waals surface area contributed by atoms with E-state index in [0.29, 0.717) is 24.4 Å². The molecular formula is C23H30N4O3S. The van der Waals surface area contributed by atoms with E-state index in [4.69, 9.17) is 4.74 Å². The summed E-state index contributed by atoms with van der Waals surface area (Å²) in [5, 5.41) is 5.69. The summed E-state index contributed by atoms with van der Waals surface area (Å²) in [6.07, 6.45) is 0.219. The first-order chi connectivity index (χ1) is 14.8. The number of hydrogen-bond donors (Lipinski definition) is 1. The van der Waals surface area contributed by atoms with Crippen LogP contribution in [0.1, 0.15) is 37.4 Å². The lowest BCUT2D eigenvalue weighted by atomic mass is 9.91. The summed E-state index contributed by atoms with van der Waals surface area (Å²) in [4.78, 5) is 34.2. The number of allylic oxidation sites excluding steroid dienone is 1. The van der Waals surface area contributed by atoms with Gasteiger partial charge < -0.3 is 19.9 Å². The largest absolute Gasteiger partial charge is 0.463 e. The number of nitrogens with zero attached hydrogens (tertiary/aromatic N) is 3. The molecule has 166 valence electrons. The van der Waals surface area contributed by atoms with Crippen molar-refractivity contribution in [3.8, 4) is 0 Å². The number of esters is 1. The summed E-state index contributed by atoms with van der Waals surface area (Å²) in [7, 11) is 3.94. The highest BCUT2D eigenvalue weighted by Crippen LogP contribution is 2.45. The van der Waals surface area contributed by atoms with E-state index in [-0.39, 0.29) is 24.3 Å². The van der Waals surface area contributed by atoms with Crippen molar-refractivity contribution in [1.29, 1.82) is 0 Å². The van der Waals surface area contributed by atoms with Crippen LogP contribution in [0.4, 0.5) is 0 Å². The standard InChI is InChI=1S/C23H30N4O3S/c1-6-30-22(29)20-16(3)25-23-27(21(20)18-10-8-7-9-15(18)2)17(14-31-23)13-19(28)24-11-12-26(4)5/h7-10,14,21H,6,11-13H2,1-5H3,(H,24,28). The van der Waals surface area contributed by atoms with E-state index in [1.807, 2.05) is 67.4 Å². The smallest absolute Gasteiger partial charge is 0.338 e. The normalized spacial score (nSPS) is 18.0. The Hall–Kier alpha value is -2.58. The lowest BCUT2D eigenvalue weighted by Crippen LogP contribution is -2.39. The lowest BCUT2D eigenvalue weighted by molar-refractivity contribution is -0.139. The van der Waals surface area contributed by atoms with Gasteiger partial charge in [0.2, 0.25) is 5.91 Å². The van der Waals surface area contributed by atoms with Crippen LogP contribution in [0.25, 0.3) is 0 Å². The molecule has 1 N–H and O–H groups in total. The van der Waals surface area contributed by atoms with Gasteiger partial charge in [0.05, 0.1) is 30.3 Å². The monoisotopic (exact) mass is 442 g/mol. The molecule has 0 aromatic heterocycles. The molecular weight excluding hydrogens is 412 g/mol. The van der Waals surface area contributed by atoms with Crippen LogP contribution >= 0.6 is 11.8 Å². The zero-order chi connectivity index (χ0) is 22.5. The Morgan fingerprint density at radius 3 is 2.68 bits per heavy atom. The van der Waals surface area contributed by atoms with Crippen LogP contribution in [-0.4, -0.2) is 60.6 Å². The number of rotatable bonds is 8. The van der Waals surface area contributed by atoms with Crippen LogP contribution in [0, 0.1) is 6.92 Å². The number of aliphatic imine (C=N–C) groups is 1. The van der Waals surface area contributed by atoms with Crippen LogP contribution < -0.4 is 5.32 Å². The average Bonchev–Trinajstić information content (AvgIpc) is 3.09. The fourth-order valence-corrected chi connectivity index (χ4v) is 4.64. The highest BCUT2D eigenvalue weighted by atomic mass is 32.2. The maximum absolute atomic E-state index is 12.9. The van der Waals surface area contributed by atoms with Gasteiger partial charge in [0.1, 0.15) is 0 Å². The number of thioether (sulfide) groups is 1. The van der Waals surface area contributed by atoms with E-state index in [1.165, 1.54) is 11.8 Å². The number of carbonyl (C=O) groups is 2. The SMILES string of the molecule is CCOC(=O)C1=C(C)N=C2SC=C(CC(=O)NCCN(C)C)N2C1c1ccccc1C. The molecule has 0 bridgehead atoms. The second-order valence-corrected chi connectivity index (χ2v) is 8.64. The van der Waals surface area contributed by atoms with E-state index >= 15 is 0 Å². The zero-order valence-electron chi connectivity index (χ0n) is 18.8. The van der Waals surface area contributed by atoms with E-state index < -0.39 is 0 Å². The summed E-state index contributed by atoms with van der Waals surface area (Å²) in [6.45, 7) is 7.31. The van der Waals surface area contributed by atoms with E-state index in [1.54, 1.807) is 6.92 Å². The highest BCUT2D eigenvalue weighted by Gasteiger charge is 2.41. The molecule has 0 aliphatic carbocycles. The van der Waals surface area contributed by atoms with E-state index in [2.05, 4.69) is 10.3 Å². The molecule has 1 aromatic rings. The minimum Gasteiger partial charge on any atom is -0.463 e. The predicted molar refractivity (Wildman–Crippen MR) is 124 cm³/mol. The first-order valence-corrected chi connectivity index (χ1v) is 11.3. The third-order valence-corrected chi connectivity index (χ3v) is 6.09. The number of ether oxygens (including phenoxy) is 1. The highest BCUT2D eigenvalue weighted by molar-refractivity contribution is 8.16. The van der Waals surface area contributed by atoms with Crippen LogP contribution in [0.3, 0.4) is 0 Å². The number of hydrogen-bond acceptors (Lipinski definition) is 7. The summed E-state index contributed by atoms with van der Waals surface area (Å²) >= 11 is 1.48. The first-order valence-electron chi connectivity index (χ1n) is 10.4. The lowest BCUT2D eigenvalue weighted by Gasteiger charge is -2.37. The van der Waals surface area contributed by atoms with Crippen LogP contribution in [-0.2, 0) is 14.3 Å². The molecule has 2 aliphatic heterocycles. The third-order valence-electron chi connectivity index (χ3n) is 5.20. The Bertz CT molecular complexity index is 952. The minimum absolute atomic E-state index is 0.0533. The molecule has 0 saturated carbocycles. The molecule has 1 unspecified atom stereocenters. The van der Waals surface area contributed by atoms with Gasteiger partial charge in [-0.3, -0.25) is 4.79 Å². The van der Waals surface area contributed by atoms with E-state index in [9.17, 15) is 9.59 Å². The van der Waals surface area contributed by atoms with Crippen molar-refractivity contribution in [2.24, 2.45) is 4.99 Å². The van der Waals surface area contributed by atoms with Gasteiger partial charge in [-0.25, -0.2) is 9.79 Å². The Morgan fingerprint density at radius 2 is 2.00 bits per heavy atom. The number of amides is 1. The van der Waals surface area contributed by atoms with Crippen LogP contribution in [0.15, 0.2) is 51.6 Å². The number of nitrogens with one attached hydrogen (secondary N) is 1. The molecule has 31 heavy (non-hydrogen) atoms. The van der Waals surface area contributed by atoms with Gasteiger partial charge in [-0.1, -0.05) is 36.0 Å². The number of aryl methyl sites for hydroxylation is 1. The third kappa shape index (κ3) is 5.19. The molecule has 3 rings (SSSR count). The zero-order valence-corrected chi connectivity index (χ0v) is 19.6. The van der Waals surface area contributed by atoms with Gasteiger partial charge >= 0.3 is 5.97 Å². The molecule has 1 amide bonds. The molecule has 8 heteroatoms. The van der Waals surface area contributed by atoms with Crippen molar-refractivity contribution < 1.29 is 14.3 Å². The Balaban J connectivity index is 1.94. The summed E-state index contributed by atoms with van der Waals surface area (Å²) < 4.78 is 5.38. The van der Waals surface area contributed by atoms with Gasteiger partial charge in [0, 0.05) is 18.8 Å². The van der Waals surface area contributed by atoms with Gasteiger partial charge in [0.15, 0.2) is 5.17 Å². The molecule has 1 atom stereocenters. The van der Waals surface area contributed by atoms with Crippen LogP contribution in [0.5, 0.6) is 0 Å². The topological polar surface area (TPSA) is 74.2 Å². The summed E-state index contributed by atoms with van der Waals surface area (Å²) in [6, 6.07) is 7.60. The van der Waals surface area contributed by atoms with Crippen molar-refractivity contribution in [3.05, 3.63) is 57.8 Å². The maximum atomic E-state index is 12.9. The Labute approximate surface area is 188 Å². The average molecular weight is 443 g/mol. The Morgan fingerprint density at radius 1 is 1.26 bits per heavy atom. The van der Waals surface area contributed by atoms with Crippen molar-refractivity contribution in [3.63, 3.8) is 0 Å². The fourth-order valence-electron chi connectivity index (χ4n) is 3.67. The quantitative estimate of drug-likeness (QED) is 0.624. The van der Waals surface area contributed by atoms with Gasteiger partial charge in [-0.2, -0.15) is 0 Å². The fraction of sp³-hybridized carbons (Fsp3) is 0.435. The number of carbonyl (C=O) groups excluding carboxylic acids is 2. The molecule has 1 aromatic carbocycles. The minimum atomic E-state index is -0.386. The number of amidine groups is 1. The van der Waals surface area contributed by atoms with Crippen molar-refractivity contribution in [2.45, 2.75) is 33.2 Å². The summed E-state index contributed by atoms with van der Waals surface area (Å²) in [5.74, 6) is -0.426. The molecule has 0 saturated heterocycles. The van der Waals surface area contributed by atoms with Crippen molar-refractivity contribution >= 4 is 28.8 Å². The van der Waals surface area contributed by atoms with Gasteiger partial charge in [-0.05, 0) is 51.4 Å². The number of likely N-dealkylation sites (N-methyl/N-ethyl adjacent to an activating group) is 1. The van der Waals surface area contributed by atoms with E-state index in [0.717, 1.165) is 28.5 Å². The predicted octanol–water partition coefficient (Wildman–Crippen LogP) is 3.20. The second-order valence-electron chi connectivity index (χ2n) is 7.80.